The molecule has 0 spiro atoms. The molecule has 3 amide bonds. The SMILES string of the molecule is CN(Cc1ccc(-n2ccc(NC(=O)N3CCN(C(=O)C(C)(C)N)CC3)nc2=O)cc1)CC1CNC1.Cl. The highest BCUT2D eigenvalue weighted by molar-refractivity contribution is 5.89. The Balaban J connectivity index is 0.00000380. The molecule has 202 valence electrons. The first-order valence-corrected chi connectivity index (χ1v) is 12.3. The summed E-state index contributed by atoms with van der Waals surface area (Å²) in [5, 5.41) is 5.98. The van der Waals surface area contributed by atoms with Gasteiger partial charge in [-0.05, 0) is 50.6 Å². The van der Waals surface area contributed by atoms with Crippen molar-refractivity contribution in [2.75, 3.05) is 58.2 Å². The summed E-state index contributed by atoms with van der Waals surface area (Å²) in [6.45, 7) is 8.99. The van der Waals surface area contributed by atoms with Crippen molar-refractivity contribution in [1.82, 2.24) is 29.6 Å². The average molecular weight is 533 g/mol. The minimum Gasteiger partial charge on any atom is -0.338 e. The molecule has 4 rings (SSSR count). The second kappa shape index (κ2) is 12.0. The molecular weight excluding hydrogens is 496 g/mol. The molecule has 0 unspecified atom stereocenters. The van der Waals surface area contributed by atoms with E-state index >= 15 is 0 Å². The van der Waals surface area contributed by atoms with Crippen molar-refractivity contribution in [3.63, 3.8) is 0 Å². The van der Waals surface area contributed by atoms with Gasteiger partial charge in [0.05, 0.1) is 11.2 Å². The number of benzene rings is 1. The van der Waals surface area contributed by atoms with Crippen LogP contribution in [0.4, 0.5) is 10.6 Å². The lowest BCUT2D eigenvalue weighted by molar-refractivity contribution is -0.137. The maximum atomic E-state index is 12.7. The number of anilines is 1. The van der Waals surface area contributed by atoms with Crippen LogP contribution in [0.25, 0.3) is 5.69 Å². The first kappa shape index (κ1) is 28.6. The number of nitrogens with one attached hydrogen (secondary N) is 2. The Hall–Kier alpha value is -2.99. The Bertz CT molecular complexity index is 1140. The van der Waals surface area contributed by atoms with E-state index in [1.54, 1.807) is 35.9 Å². The van der Waals surface area contributed by atoms with Gasteiger partial charge in [0, 0.05) is 58.6 Å². The number of halogens is 1. The first-order valence-electron chi connectivity index (χ1n) is 12.3. The third-order valence-corrected chi connectivity index (χ3v) is 6.55. The minimum absolute atomic E-state index is 0. The van der Waals surface area contributed by atoms with Crippen LogP contribution in [0.5, 0.6) is 0 Å². The molecule has 4 N–H and O–H groups in total. The van der Waals surface area contributed by atoms with Crippen molar-refractivity contribution in [2.45, 2.75) is 25.9 Å². The Morgan fingerprint density at radius 1 is 1.11 bits per heavy atom. The number of amides is 3. The normalized spacial score (nSPS) is 16.2. The third-order valence-electron chi connectivity index (χ3n) is 6.55. The van der Waals surface area contributed by atoms with Crippen molar-refractivity contribution in [1.29, 1.82) is 0 Å². The topological polar surface area (TPSA) is 129 Å². The number of hydrogen-bond acceptors (Lipinski definition) is 7. The molecule has 2 aliphatic rings. The molecule has 37 heavy (non-hydrogen) atoms. The lowest BCUT2D eigenvalue weighted by Crippen LogP contribution is -2.58. The maximum Gasteiger partial charge on any atom is 0.354 e. The molecular formula is C25H37ClN8O3. The van der Waals surface area contributed by atoms with Crippen LogP contribution < -0.4 is 22.1 Å². The van der Waals surface area contributed by atoms with E-state index in [4.69, 9.17) is 5.73 Å². The summed E-state index contributed by atoms with van der Waals surface area (Å²) in [4.78, 5) is 47.2. The summed E-state index contributed by atoms with van der Waals surface area (Å²) in [6, 6.07) is 9.08. The molecule has 0 bridgehead atoms. The van der Waals surface area contributed by atoms with Crippen LogP contribution in [0.15, 0.2) is 41.3 Å². The zero-order valence-corrected chi connectivity index (χ0v) is 22.5. The number of piperazine rings is 1. The standard InChI is InChI=1S/C25H36N8O3.ClH/c1-25(2,26)22(34)31-10-12-32(13-11-31)23(35)28-21-8-9-33(24(36)29-21)20-6-4-18(5-7-20)16-30(3)17-19-14-27-15-19;/h4-9,19,27H,10-17,26H2,1-3H3,(H,28,29,35,36);1H. The second-order valence-corrected chi connectivity index (χ2v) is 10.3. The summed E-state index contributed by atoms with van der Waals surface area (Å²) < 4.78 is 1.45. The largest absolute Gasteiger partial charge is 0.354 e. The number of aromatic nitrogens is 2. The summed E-state index contributed by atoms with van der Waals surface area (Å²) >= 11 is 0. The highest BCUT2D eigenvalue weighted by Crippen LogP contribution is 2.13. The van der Waals surface area contributed by atoms with Crippen molar-refractivity contribution in [2.24, 2.45) is 11.7 Å². The van der Waals surface area contributed by atoms with E-state index < -0.39 is 11.2 Å². The monoisotopic (exact) mass is 532 g/mol. The van der Waals surface area contributed by atoms with E-state index in [-0.39, 0.29) is 30.2 Å². The molecule has 0 atom stereocenters. The van der Waals surface area contributed by atoms with Crippen LogP contribution in [0, 0.1) is 5.92 Å². The fourth-order valence-corrected chi connectivity index (χ4v) is 4.43. The van der Waals surface area contributed by atoms with E-state index in [1.165, 1.54) is 10.1 Å². The van der Waals surface area contributed by atoms with Crippen molar-refractivity contribution in [3.05, 3.63) is 52.6 Å². The number of urea groups is 1. The van der Waals surface area contributed by atoms with E-state index in [0.29, 0.717) is 31.9 Å². The van der Waals surface area contributed by atoms with Gasteiger partial charge in [-0.2, -0.15) is 4.98 Å². The Morgan fingerprint density at radius 2 is 1.73 bits per heavy atom. The summed E-state index contributed by atoms with van der Waals surface area (Å²) in [5.74, 6) is 0.765. The fourth-order valence-electron chi connectivity index (χ4n) is 4.43. The summed E-state index contributed by atoms with van der Waals surface area (Å²) in [7, 11) is 2.12. The molecule has 2 aliphatic heterocycles. The van der Waals surface area contributed by atoms with Gasteiger partial charge in [-0.1, -0.05) is 12.1 Å². The molecule has 3 heterocycles. The molecule has 11 nitrogen and oxygen atoms in total. The van der Waals surface area contributed by atoms with Crippen LogP contribution in [0.1, 0.15) is 19.4 Å². The number of nitrogens with zero attached hydrogens (tertiary/aromatic N) is 5. The van der Waals surface area contributed by atoms with Crippen molar-refractivity contribution >= 4 is 30.2 Å². The van der Waals surface area contributed by atoms with Crippen molar-refractivity contribution < 1.29 is 9.59 Å². The number of carbonyl (C=O) groups is 2. The van der Waals surface area contributed by atoms with Gasteiger partial charge in [-0.25, -0.2) is 9.59 Å². The predicted molar refractivity (Wildman–Crippen MR) is 145 cm³/mol. The van der Waals surface area contributed by atoms with Gasteiger partial charge in [-0.3, -0.25) is 14.7 Å². The Morgan fingerprint density at radius 3 is 2.27 bits per heavy atom. The Labute approximate surface area is 223 Å². The van der Waals surface area contributed by atoms with Crippen LogP contribution in [-0.4, -0.2) is 94.6 Å². The lowest BCUT2D eigenvalue weighted by Gasteiger charge is -2.37. The quantitative estimate of drug-likeness (QED) is 0.479. The summed E-state index contributed by atoms with van der Waals surface area (Å²) in [5.41, 5.74) is 6.37. The highest BCUT2D eigenvalue weighted by Gasteiger charge is 2.31. The van der Waals surface area contributed by atoms with Gasteiger partial charge in [0.25, 0.3) is 0 Å². The molecule has 2 aromatic rings. The lowest BCUT2D eigenvalue weighted by atomic mass is 10.0. The van der Waals surface area contributed by atoms with Gasteiger partial charge in [0.1, 0.15) is 5.82 Å². The maximum absolute atomic E-state index is 12.7. The average Bonchev–Trinajstić information content (AvgIpc) is 2.81. The molecule has 2 saturated heterocycles. The number of nitrogens with two attached hydrogens (primary N) is 1. The fraction of sp³-hybridized carbons (Fsp3) is 0.520. The van der Waals surface area contributed by atoms with Gasteiger partial charge < -0.3 is 25.8 Å². The number of rotatable bonds is 7. The Kier molecular flexibility index (Phi) is 9.30. The van der Waals surface area contributed by atoms with Crippen LogP contribution in [0.2, 0.25) is 0 Å². The minimum atomic E-state index is -0.942. The zero-order valence-electron chi connectivity index (χ0n) is 21.6. The van der Waals surface area contributed by atoms with E-state index in [1.807, 2.05) is 24.3 Å². The second-order valence-electron chi connectivity index (χ2n) is 10.3. The molecule has 0 radical (unpaired) electrons. The molecule has 0 saturated carbocycles. The van der Waals surface area contributed by atoms with Crippen LogP contribution >= 0.6 is 12.4 Å². The van der Waals surface area contributed by atoms with Gasteiger partial charge >= 0.3 is 11.7 Å². The molecule has 2 fully saturated rings. The molecule has 12 heteroatoms. The van der Waals surface area contributed by atoms with Gasteiger partial charge in [-0.15, -0.1) is 12.4 Å². The first-order chi connectivity index (χ1) is 17.1. The zero-order chi connectivity index (χ0) is 25.9. The van der Waals surface area contributed by atoms with E-state index in [2.05, 4.69) is 27.6 Å². The smallest absolute Gasteiger partial charge is 0.338 e. The molecule has 0 aliphatic carbocycles. The predicted octanol–water partition coefficient (Wildman–Crippen LogP) is 0.719. The van der Waals surface area contributed by atoms with Crippen molar-refractivity contribution in [3.8, 4) is 5.69 Å². The highest BCUT2D eigenvalue weighted by atomic mass is 35.5. The van der Waals surface area contributed by atoms with E-state index in [9.17, 15) is 14.4 Å². The number of carbonyl (C=O) groups excluding carboxylic acids is 2. The third kappa shape index (κ3) is 7.29. The van der Waals surface area contributed by atoms with Crippen LogP contribution in [-0.2, 0) is 11.3 Å². The van der Waals surface area contributed by atoms with Gasteiger partial charge in [0.15, 0.2) is 0 Å². The number of hydrogen-bond donors (Lipinski definition) is 3. The van der Waals surface area contributed by atoms with Gasteiger partial charge in [0.2, 0.25) is 5.91 Å². The van der Waals surface area contributed by atoms with E-state index in [0.717, 1.165) is 32.1 Å². The summed E-state index contributed by atoms with van der Waals surface area (Å²) in [6.07, 6.45) is 1.61. The van der Waals surface area contributed by atoms with Crippen LogP contribution in [0.3, 0.4) is 0 Å². The molecule has 1 aromatic carbocycles. The molecule has 1 aromatic heterocycles.